The van der Waals surface area contributed by atoms with Crippen molar-refractivity contribution >= 4 is 11.6 Å². The van der Waals surface area contributed by atoms with Gasteiger partial charge in [-0.05, 0) is 6.92 Å². The van der Waals surface area contributed by atoms with Crippen LogP contribution in [0.15, 0.2) is 12.4 Å². The number of hydrogen-bond acceptors (Lipinski definition) is 4. The highest BCUT2D eigenvalue weighted by molar-refractivity contribution is 5.42. The molecule has 54 valence electrons. The quantitative estimate of drug-likeness (QED) is 0.624. The molecule has 1 aromatic heterocycles. The number of nitrogens with one attached hydrogen (secondary N) is 1. The van der Waals surface area contributed by atoms with Gasteiger partial charge in [-0.15, -0.1) is 0 Å². The summed E-state index contributed by atoms with van der Waals surface area (Å²) in [6.45, 7) is 2.84. The van der Waals surface area contributed by atoms with E-state index in [9.17, 15) is 0 Å². The van der Waals surface area contributed by atoms with Crippen molar-refractivity contribution in [1.82, 2.24) is 9.97 Å². The highest BCUT2D eigenvalue weighted by atomic mass is 15.0. The normalized spacial score (nSPS) is 9.30. The third kappa shape index (κ3) is 1.58. The topological polar surface area (TPSA) is 63.8 Å². The van der Waals surface area contributed by atoms with Crippen LogP contribution in [0.4, 0.5) is 11.6 Å². The van der Waals surface area contributed by atoms with Gasteiger partial charge in [-0.25, -0.2) is 9.97 Å². The fourth-order valence-corrected chi connectivity index (χ4v) is 0.650. The van der Waals surface area contributed by atoms with Crippen LogP contribution in [0.5, 0.6) is 0 Å². The van der Waals surface area contributed by atoms with E-state index in [0.717, 1.165) is 12.4 Å². The maximum Gasteiger partial charge on any atom is 0.131 e. The number of anilines is 2. The predicted molar refractivity (Wildman–Crippen MR) is 40.6 cm³/mol. The Kier molecular flexibility index (Phi) is 2.04. The first-order chi connectivity index (χ1) is 4.83. The molecule has 4 nitrogen and oxygen atoms in total. The fraction of sp³-hybridized carbons (Fsp3) is 0.333. The first-order valence-electron chi connectivity index (χ1n) is 3.14. The van der Waals surface area contributed by atoms with Gasteiger partial charge in [-0.3, -0.25) is 0 Å². The first-order valence-corrected chi connectivity index (χ1v) is 3.14. The van der Waals surface area contributed by atoms with Crippen LogP contribution in [0.1, 0.15) is 6.92 Å². The minimum absolute atomic E-state index is 0.492. The minimum Gasteiger partial charge on any atom is -0.384 e. The first kappa shape index (κ1) is 6.80. The van der Waals surface area contributed by atoms with Crippen LogP contribution < -0.4 is 11.1 Å². The van der Waals surface area contributed by atoms with E-state index in [-0.39, 0.29) is 0 Å². The third-order valence-corrected chi connectivity index (χ3v) is 1.05. The molecule has 1 rings (SSSR count). The van der Waals surface area contributed by atoms with E-state index in [4.69, 9.17) is 5.73 Å². The number of aromatic nitrogens is 2. The van der Waals surface area contributed by atoms with E-state index in [2.05, 4.69) is 15.3 Å². The van der Waals surface area contributed by atoms with Crippen LogP contribution in [0.25, 0.3) is 0 Å². The molecule has 0 saturated heterocycles. The van der Waals surface area contributed by atoms with Crippen LogP contribution in [-0.4, -0.2) is 16.5 Å². The maximum absolute atomic E-state index is 5.40. The molecule has 0 bridgehead atoms. The lowest BCUT2D eigenvalue weighted by Crippen LogP contribution is -2.00. The highest BCUT2D eigenvalue weighted by Crippen LogP contribution is 2.02. The summed E-state index contributed by atoms with van der Waals surface area (Å²) < 4.78 is 0. The van der Waals surface area contributed by atoms with Gasteiger partial charge in [0.2, 0.25) is 0 Å². The van der Waals surface area contributed by atoms with Gasteiger partial charge in [0, 0.05) is 12.6 Å². The van der Waals surface area contributed by atoms with Crippen molar-refractivity contribution < 1.29 is 0 Å². The molecule has 3 N–H and O–H groups in total. The second-order valence-corrected chi connectivity index (χ2v) is 1.86. The Balaban J connectivity index is 2.75. The summed E-state index contributed by atoms with van der Waals surface area (Å²) in [5.41, 5.74) is 5.40. The molecule has 1 aromatic rings. The second-order valence-electron chi connectivity index (χ2n) is 1.86. The van der Waals surface area contributed by atoms with Crippen molar-refractivity contribution in [1.29, 1.82) is 0 Å². The van der Waals surface area contributed by atoms with Gasteiger partial charge in [-0.1, -0.05) is 0 Å². The number of rotatable bonds is 2. The van der Waals surface area contributed by atoms with Gasteiger partial charge in [0.15, 0.2) is 0 Å². The Morgan fingerprint density at radius 1 is 1.60 bits per heavy atom. The van der Waals surface area contributed by atoms with Gasteiger partial charge in [0.05, 0.1) is 0 Å². The van der Waals surface area contributed by atoms with Gasteiger partial charge in [0.1, 0.15) is 18.0 Å². The lowest BCUT2D eigenvalue weighted by atomic mass is 10.5. The zero-order valence-electron chi connectivity index (χ0n) is 5.83. The summed E-state index contributed by atoms with van der Waals surface area (Å²) in [6.07, 6.45) is 1.44. The standard InChI is InChI=1S/C6H10N4/c1-2-8-6-3-5(7)9-4-10-6/h3-4H,2H2,1H3,(H3,7,8,9,10). The van der Waals surface area contributed by atoms with E-state index in [0.29, 0.717) is 5.82 Å². The smallest absolute Gasteiger partial charge is 0.131 e. The molecule has 10 heavy (non-hydrogen) atoms. The molecule has 0 saturated carbocycles. The molecule has 0 fully saturated rings. The van der Waals surface area contributed by atoms with E-state index in [1.165, 1.54) is 6.33 Å². The third-order valence-electron chi connectivity index (χ3n) is 1.05. The lowest BCUT2D eigenvalue weighted by Gasteiger charge is -1.99. The van der Waals surface area contributed by atoms with Crippen molar-refractivity contribution in [3.63, 3.8) is 0 Å². The fourth-order valence-electron chi connectivity index (χ4n) is 0.650. The SMILES string of the molecule is CCNc1cc(N)ncn1. The Morgan fingerprint density at radius 2 is 2.40 bits per heavy atom. The summed E-state index contributed by atoms with van der Waals surface area (Å²) in [7, 11) is 0. The molecule has 4 heteroatoms. The maximum atomic E-state index is 5.40. The van der Waals surface area contributed by atoms with Crippen molar-refractivity contribution in [2.24, 2.45) is 0 Å². The summed E-state index contributed by atoms with van der Waals surface area (Å²) in [5.74, 6) is 1.26. The molecule has 0 aromatic carbocycles. The number of nitrogen functional groups attached to an aromatic ring is 1. The molecule has 0 aliphatic heterocycles. The Labute approximate surface area is 59.5 Å². The number of hydrogen-bond donors (Lipinski definition) is 2. The Hall–Kier alpha value is -1.32. The molecule has 1 heterocycles. The molecule has 0 amide bonds. The van der Waals surface area contributed by atoms with E-state index in [1.54, 1.807) is 6.07 Å². The summed E-state index contributed by atoms with van der Waals surface area (Å²) in [6, 6.07) is 1.70. The van der Waals surface area contributed by atoms with Gasteiger partial charge in [-0.2, -0.15) is 0 Å². The van der Waals surface area contributed by atoms with E-state index >= 15 is 0 Å². The number of nitrogens with two attached hydrogens (primary N) is 1. The van der Waals surface area contributed by atoms with Crippen molar-refractivity contribution in [2.45, 2.75) is 6.92 Å². The highest BCUT2D eigenvalue weighted by Gasteiger charge is 1.90. The van der Waals surface area contributed by atoms with E-state index < -0.39 is 0 Å². The van der Waals surface area contributed by atoms with E-state index in [1.807, 2.05) is 6.92 Å². The lowest BCUT2D eigenvalue weighted by molar-refractivity contribution is 1.12. The Bertz CT molecular complexity index is 211. The number of nitrogens with zero attached hydrogens (tertiary/aromatic N) is 2. The molecule has 0 radical (unpaired) electrons. The Morgan fingerprint density at radius 3 is 3.00 bits per heavy atom. The van der Waals surface area contributed by atoms with Crippen LogP contribution in [0, 0.1) is 0 Å². The van der Waals surface area contributed by atoms with Crippen molar-refractivity contribution in [2.75, 3.05) is 17.6 Å². The van der Waals surface area contributed by atoms with Crippen LogP contribution in [0.2, 0.25) is 0 Å². The van der Waals surface area contributed by atoms with Gasteiger partial charge < -0.3 is 11.1 Å². The zero-order valence-corrected chi connectivity index (χ0v) is 5.83. The zero-order chi connectivity index (χ0) is 7.40. The molecule has 0 unspecified atom stereocenters. The van der Waals surface area contributed by atoms with Gasteiger partial charge in [0.25, 0.3) is 0 Å². The molecule has 0 aliphatic carbocycles. The van der Waals surface area contributed by atoms with Crippen molar-refractivity contribution in [3.05, 3.63) is 12.4 Å². The molecule has 0 atom stereocenters. The molecular formula is C6H10N4. The average molecular weight is 138 g/mol. The average Bonchev–Trinajstić information content (AvgIpc) is 1.88. The summed E-state index contributed by atoms with van der Waals surface area (Å²) >= 11 is 0. The minimum atomic E-state index is 0.492. The van der Waals surface area contributed by atoms with Crippen LogP contribution >= 0.6 is 0 Å². The molecule has 0 aliphatic rings. The molecule has 0 spiro atoms. The van der Waals surface area contributed by atoms with Crippen LogP contribution in [0.3, 0.4) is 0 Å². The summed E-state index contributed by atoms with van der Waals surface area (Å²) in [5, 5.41) is 3.02. The second kappa shape index (κ2) is 3.00. The monoisotopic (exact) mass is 138 g/mol. The van der Waals surface area contributed by atoms with Gasteiger partial charge >= 0.3 is 0 Å². The predicted octanol–water partition coefficient (Wildman–Crippen LogP) is 0.491. The van der Waals surface area contributed by atoms with Crippen LogP contribution in [-0.2, 0) is 0 Å². The molecular weight excluding hydrogens is 128 g/mol. The summed E-state index contributed by atoms with van der Waals surface area (Å²) in [4.78, 5) is 7.68. The van der Waals surface area contributed by atoms with Crippen molar-refractivity contribution in [3.8, 4) is 0 Å². The largest absolute Gasteiger partial charge is 0.384 e.